The minimum atomic E-state index is -0.772. The third kappa shape index (κ3) is 5.02. The Labute approximate surface area is 158 Å². The van der Waals surface area contributed by atoms with Gasteiger partial charge in [-0.2, -0.15) is 0 Å². The van der Waals surface area contributed by atoms with Crippen molar-refractivity contribution in [1.82, 2.24) is 0 Å². The van der Waals surface area contributed by atoms with Gasteiger partial charge in [-0.15, -0.1) is 0 Å². The number of ether oxygens (including phenoxy) is 2. The van der Waals surface area contributed by atoms with Crippen LogP contribution in [0.3, 0.4) is 0 Å². The van der Waals surface area contributed by atoms with Crippen molar-refractivity contribution in [2.45, 2.75) is 0 Å². The maximum atomic E-state index is 11.9. The molecular formula is C17H17N3O6S. The number of esters is 1. The van der Waals surface area contributed by atoms with Gasteiger partial charge in [0.25, 0.3) is 5.91 Å². The fourth-order valence-electron chi connectivity index (χ4n) is 2.51. The summed E-state index contributed by atoms with van der Waals surface area (Å²) in [5.41, 5.74) is 1.63. The summed E-state index contributed by atoms with van der Waals surface area (Å²) in [5.74, 6) is -1.26. The molecule has 1 fully saturated rings. The number of benzene rings is 1. The highest BCUT2D eigenvalue weighted by molar-refractivity contribution is 7.17. The first kappa shape index (κ1) is 18.8. The average molecular weight is 391 g/mol. The van der Waals surface area contributed by atoms with Gasteiger partial charge in [-0.3, -0.25) is 14.9 Å². The number of carbonyl (C=O) groups excluding carboxylic acids is 2. The molecule has 0 saturated carbocycles. The number of rotatable bonds is 6. The van der Waals surface area contributed by atoms with Crippen LogP contribution >= 0.6 is 11.3 Å². The van der Waals surface area contributed by atoms with Gasteiger partial charge in [0.2, 0.25) is 0 Å². The van der Waals surface area contributed by atoms with Gasteiger partial charge in [0, 0.05) is 30.5 Å². The second-order valence-electron chi connectivity index (χ2n) is 5.67. The second kappa shape index (κ2) is 8.60. The standard InChI is InChI=1S/C17H17N3O6S/c21-15(11-26-17(22)14-5-6-16(27-14)20(23)24)18-12-1-3-13(4-2-12)19-7-9-25-10-8-19/h1-6H,7-11H2,(H,18,21). The highest BCUT2D eigenvalue weighted by Crippen LogP contribution is 2.24. The van der Waals surface area contributed by atoms with Gasteiger partial charge in [-0.25, -0.2) is 4.79 Å². The monoisotopic (exact) mass is 391 g/mol. The molecule has 1 N–H and O–H groups in total. The van der Waals surface area contributed by atoms with Crippen LogP contribution in [-0.4, -0.2) is 49.7 Å². The van der Waals surface area contributed by atoms with E-state index in [1.807, 2.05) is 12.1 Å². The minimum Gasteiger partial charge on any atom is -0.451 e. The largest absolute Gasteiger partial charge is 0.451 e. The Hall–Kier alpha value is -2.98. The molecule has 1 saturated heterocycles. The van der Waals surface area contributed by atoms with Gasteiger partial charge in [0.15, 0.2) is 6.61 Å². The molecule has 142 valence electrons. The Morgan fingerprint density at radius 3 is 2.52 bits per heavy atom. The van der Waals surface area contributed by atoms with E-state index in [1.165, 1.54) is 12.1 Å². The number of nitrogens with one attached hydrogen (secondary N) is 1. The maximum absolute atomic E-state index is 11.9. The van der Waals surface area contributed by atoms with E-state index in [9.17, 15) is 19.7 Å². The number of nitrogens with zero attached hydrogens (tertiary/aromatic N) is 2. The van der Waals surface area contributed by atoms with Crippen molar-refractivity contribution < 1.29 is 24.0 Å². The number of carbonyl (C=O) groups is 2. The molecule has 0 radical (unpaired) electrons. The summed E-state index contributed by atoms with van der Waals surface area (Å²) in [6.07, 6.45) is 0. The topological polar surface area (TPSA) is 111 Å². The zero-order chi connectivity index (χ0) is 19.2. The van der Waals surface area contributed by atoms with Crippen molar-refractivity contribution in [3.05, 3.63) is 51.4 Å². The van der Waals surface area contributed by atoms with E-state index >= 15 is 0 Å². The van der Waals surface area contributed by atoms with Gasteiger partial charge >= 0.3 is 11.0 Å². The first-order chi connectivity index (χ1) is 13.0. The summed E-state index contributed by atoms with van der Waals surface area (Å²) in [7, 11) is 0. The number of amides is 1. The zero-order valence-electron chi connectivity index (χ0n) is 14.3. The first-order valence-electron chi connectivity index (χ1n) is 8.17. The molecule has 0 bridgehead atoms. The van der Waals surface area contributed by atoms with Crippen LogP contribution in [0.25, 0.3) is 0 Å². The van der Waals surface area contributed by atoms with Gasteiger partial charge in [0.05, 0.1) is 18.1 Å². The molecule has 2 heterocycles. The molecule has 3 rings (SSSR count). The summed E-state index contributed by atoms with van der Waals surface area (Å²) in [6, 6.07) is 9.86. The molecule has 1 aliphatic rings. The van der Waals surface area contributed by atoms with Crippen LogP contribution in [0.4, 0.5) is 16.4 Å². The van der Waals surface area contributed by atoms with Crippen molar-refractivity contribution >= 4 is 39.6 Å². The van der Waals surface area contributed by atoms with Crippen LogP contribution in [0, 0.1) is 10.1 Å². The Kier molecular flexibility index (Phi) is 5.99. The molecule has 0 spiro atoms. The molecule has 9 nitrogen and oxygen atoms in total. The third-order valence-electron chi connectivity index (χ3n) is 3.83. The van der Waals surface area contributed by atoms with Crippen molar-refractivity contribution in [2.75, 3.05) is 43.1 Å². The van der Waals surface area contributed by atoms with Gasteiger partial charge in [0.1, 0.15) is 4.88 Å². The lowest BCUT2D eigenvalue weighted by Gasteiger charge is -2.28. The highest BCUT2D eigenvalue weighted by Gasteiger charge is 2.17. The Morgan fingerprint density at radius 1 is 1.19 bits per heavy atom. The quantitative estimate of drug-likeness (QED) is 0.457. The van der Waals surface area contributed by atoms with Crippen molar-refractivity contribution in [2.24, 2.45) is 0 Å². The number of anilines is 2. The minimum absolute atomic E-state index is 0.0735. The van der Waals surface area contributed by atoms with Gasteiger partial charge in [-0.05, 0) is 30.3 Å². The van der Waals surface area contributed by atoms with E-state index in [0.717, 1.165) is 18.8 Å². The van der Waals surface area contributed by atoms with Gasteiger partial charge in [-0.1, -0.05) is 11.3 Å². The Balaban J connectivity index is 1.48. The molecule has 1 amide bonds. The normalized spacial score (nSPS) is 13.9. The molecular weight excluding hydrogens is 374 g/mol. The SMILES string of the molecule is O=C(COC(=O)c1ccc([N+](=O)[O-])s1)Nc1ccc(N2CCOCC2)cc1. The van der Waals surface area contributed by atoms with Crippen LogP contribution in [0.15, 0.2) is 36.4 Å². The molecule has 10 heteroatoms. The van der Waals surface area contributed by atoms with Crippen molar-refractivity contribution in [3.63, 3.8) is 0 Å². The predicted molar refractivity (Wildman–Crippen MR) is 99.4 cm³/mol. The molecule has 27 heavy (non-hydrogen) atoms. The Morgan fingerprint density at radius 2 is 1.89 bits per heavy atom. The summed E-state index contributed by atoms with van der Waals surface area (Å²) in [4.78, 5) is 36.1. The number of hydrogen-bond acceptors (Lipinski definition) is 8. The molecule has 0 unspecified atom stereocenters. The number of thiophene rings is 1. The molecule has 1 aromatic heterocycles. The maximum Gasteiger partial charge on any atom is 0.349 e. The number of hydrogen-bond donors (Lipinski definition) is 1. The zero-order valence-corrected chi connectivity index (χ0v) is 15.1. The van der Waals surface area contributed by atoms with Crippen molar-refractivity contribution in [1.29, 1.82) is 0 Å². The van der Waals surface area contributed by atoms with E-state index in [4.69, 9.17) is 9.47 Å². The fourth-order valence-corrected chi connectivity index (χ4v) is 3.23. The number of nitro groups is 1. The summed E-state index contributed by atoms with van der Waals surface area (Å²) < 4.78 is 10.2. The molecule has 2 aromatic rings. The highest BCUT2D eigenvalue weighted by atomic mass is 32.1. The predicted octanol–water partition coefficient (Wildman–Crippen LogP) is 2.29. The van der Waals surface area contributed by atoms with Crippen LogP contribution < -0.4 is 10.2 Å². The summed E-state index contributed by atoms with van der Waals surface area (Å²) in [5, 5.41) is 13.1. The molecule has 0 aliphatic carbocycles. The van der Waals surface area contributed by atoms with E-state index in [-0.39, 0.29) is 9.88 Å². The van der Waals surface area contributed by atoms with Crippen LogP contribution in [0.5, 0.6) is 0 Å². The van der Waals surface area contributed by atoms with Crippen LogP contribution in [0.1, 0.15) is 9.67 Å². The second-order valence-corrected chi connectivity index (χ2v) is 6.73. The van der Waals surface area contributed by atoms with E-state index in [2.05, 4.69) is 10.2 Å². The lowest BCUT2D eigenvalue weighted by molar-refractivity contribution is -0.380. The van der Waals surface area contributed by atoms with Gasteiger partial charge < -0.3 is 19.7 Å². The van der Waals surface area contributed by atoms with Crippen molar-refractivity contribution in [3.8, 4) is 0 Å². The molecule has 0 atom stereocenters. The summed E-state index contributed by atoms with van der Waals surface area (Å²) in [6.45, 7) is 2.55. The smallest absolute Gasteiger partial charge is 0.349 e. The molecule has 1 aromatic carbocycles. The average Bonchev–Trinajstić information content (AvgIpc) is 3.18. The third-order valence-corrected chi connectivity index (χ3v) is 4.85. The number of morpholine rings is 1. The lowest BCUT2D eigenvalue weighted by Crippen LogP contribution is -2.36. The van der Waals surface area contributed by atoms with Crippen LogP contribution in [-0.2, 0) is 14.3 Å². The van der Waals surface area contributed by atoms with E-state index < -0.39 is 23.4 Å². The first-order valence-corrected chi connectivity index (χ1v) is 8.98. The molecule has 1 aliphatic heterocycles. The van der Waals surface area contributed by atoms with E-state index in [1.54, 1.807) is 12.1 Å². The Bertz CT molecular complexity index is 829. The van der Waals surface area contributed by atoms with E-state index in [0.29, 0.717) is 30.2 Å². The summed E-state index contributed by atoms with van der Waals surface area (Å²) >= 11 is 0.701. The van der Waals surface area contributed by atoms with Crippen LogP contribution in [0.2, 0.25) is 0 Å². The fraction of sp³-hybridized carbons (Fsp3) is 0.294. The lowest BCUT2D eigenvalue weighted by atomic mass is 10.2.